The quantitative estimate of drug-likeness (QED) is 0.792. The fourth-order valence-electron chi connectivity index (χ4n) is 1.09. The first-order valence-electron chi connectivity index (χ1n) is 4.86. The van der Waals surface area contributed by atoms with Crippen molar-refractivity contribution in [3.05, 3.63) is 34.3 Å². The molecule has 0 saturated carbocycles. The lowest BCUT2D eigenvalue weighted by Crippen LogP contribution is -2.18. The molecule has 1 aromatic rings. The summed E-state index contributed by atoms with van der Waals surface area (Å²) >= 11 is 3.40. The smallest absolute Gasteiger partial charge is 0.0717 e. The van der Waals surface area contributed by atoms with Crippen LogP contribution in [0.5, 0.6) is 0 Å². The number of benzene rings is 1. The molecule has 0 heterocycles. The topological polar surface area (TPSA) is 21.3 Å². The summed E-state index contributed by atoms with van der Waals surface area (Å²) in [6, 6.07) is 8.20. The largest absolute Gasteiger partial charge is 0.375 e. The Hall–Kier alpha value is -0.380. The number of hydrogen-bond donors (Lipinski definition) is 1. The van der Waals surface area contributed by atoms with E-state index in [-0.39, 0.29) is 0 Å². The van der Waals surface area contributed by atoms with Gasteiger partial charge in [0.05, 0.1) is 13.2 Å². The molecule has 0 radical (unpaired) electrons. The van der Waals surface area contributed by atoms with E-state index in [1.807, 2.05) is 12.1 Å². The molecule has 0 fully saturated rings. The van der Waals surface area contributed by atoms with Gasteiger partial charge in [0.2, 0.25) is 0 Å². The molecule has 0 spiro atoms. The molecule has 0 aliphatic carbocycles. The normalized spacial score (nSPS) is 10.4. The molecule has 2 nitrogen and oxygen atoms in total. The molecular formula is C11H16BrNO. The highest BCUT2D eigenvalue weighted by molar-refractivity contribution is 9.10. The molecule has 1 aromatic carbocycles. The number of hydrogen-bond acceptors (Lipinski definition) is 2. The Kier molecular flexibility index (Phi) is 5.83. The summed E-state index contributed by atoms with van der Waals surface area (Å²) in [5.74, 6) is 0. The van der Waals surface area contributed by atoms with Gasteiger partial charge in [-0.15, -0.1) is 0 Å². The van der Waals surface area contributed by atoms with Gasteiger partial charge in [-0.25, -0.2) is 0 Å². The molecule has 0 aromatic heterocycles. The van der Waals surface area contributed by atoms with Crippen LogP contribution in [0.4, 0.5) is 0 Å². The Balaban J connectivity index is 2.15. The zero-order valence-corrected chi connectivity index (χ0v) is 10.0. The monoisotopic (exact) mass is 257 g/mol. The molecule has 14 heavy (non-hydrogen) atoms. The highest BCUT2D eigenvalue weighted by Gasteiger charge is 1.92. The maximum atomic E-state index is 5.48. The summed E-state index contributed by atoms with van der Waals surface area (Å²) in [4.78, 5) is 0. The fraction of sp³-hybridized carbons (Fsp3) is 0.455. The molecule has 1 N–H and O–H groups in total. The van der Waals surface area contributed by atoms with Crippen LogP contribution in [0.1, 0.15) is 12.5 Å². The van der Waals surface area contributed by atoms with Gasteiger partial charge in [-0.1, -0.05) is 35.0 Å². The summed E-state index contributed by atoms with van der Waals surface area (Å²) in [6.07, 6.45) is 0. The predicted octanol–water partition coefficient (Wildman–Crippen LogP) is 2.58. The molecule has 0 unspecified atom stereocenters. The molecule has 0 aliphatic rings. The van der Waals surface area contributed by atoms with Crippen molar-refractivity contribution in [2.24, 2.45) is 0 Å². The van der Waals surface area contributed by atoms with Crippen LogP contribution < -0.4 is 5.32 Å². The predicted molar refractivity (Wildman–Crippen MR) is 62.3 cm³/mol. The SMILES string of the molecule is CCNCCOCc1ccc(Br)cc1. The van der Waals surface area contributed by atoms with Crippen LogP contribution >= 0.6 is 15.9 Å². The minimum absolute atomic E-state index is 0.693. The molecular weight excluding hydrogens is 242 g/mol. The maximum absolute atomic E-state index is 5.48. The van der Waals surface area contributed by atoms with Gasteiger partial charge in [0, 0.05) is 11.0 Å². The van der Waals surface area contributed by atoms with Gasteiger partial charge in [0.15, 0.2) is 0 Å². The number of nitrogens with one attached hydrogen (secondary N) is 1. The molecule has 0 saturated heterocycles. The second-order valence-electron chi connectivity index (χ2n) is 3.03. The summed E-state index contributed by atoms with van der Waals surface area (Å²) in [5, 5.41) is 3.21. The highest BCUT2D eigenvalue weighted by atomic mass is 79.9. The Bertz CT molecular complexity index is 248. The van der Waals surface area contributed by atoms with Crippen LogP contribution in [0.3, 0.4) is 0 Å². The lowest BCUT2D eigenvalue weighted by molar-refractivity contribution is 0.123. The lowest BCUT2D eigenvalue weighted by Gasteiger charge is -2.04. The van der Waals surface area contributed by atoms with Crippen molar-refractivity contribution in [3.63, 3.8) is 0 Å². The van der Waals surface area contributed by atoms with Crippen molar-refractivity contribution in [1.82, 2.24) is 5.32 Å². The zero-order valence-electron chi connectivity index (χ0n) is 8.42. The molecule has 78 valence electrons. The highest BCUT2D eigenvalue weighted by Crippen LogP contribution is 2.10. The molecule has 0 amide bonds. The van der Waals surface area contributed by atoms with Gasteiger partial charge in [-0.3, -0.25) is 0 Å². The van der Waals surface area contributed by atoms with Crippen molar-refractivity contribution in [1.29, 1.82) is 0 Å². The van der Waals surface area contributed by atoms with E-state index in [1.54, 1.807) is 0 Å². The first-order chi connectivity index (χ1) is 6.83. The summed E-state index contributed by atoms with van der Waals surface area (Å²) in [6.45, 7) is 5.48. The van der Waals surface area contributed by atoms with Crippen molar-refractivity contribution < 1.29 is 4.74 Å². The van der Waals surface area contributed by atoms with Crippen LogP contribution in [-0.2, 0) is 11.3 Å². The van der Waals surface area contributed by atoms with Gasteiger partial charge >= 0.3 is 0 Å². The number of rotatable bonds is 6. The third-order valence-corrected chi connectivity index (χ3v) is 2.38. The first-order valence-corrected chi connectivity index (χ1v) is 5.65. The first kappa shape index (κ1) is 11.7. The van der Waals surface area contributed by atoms with Gasteiger partial charge in [-0.2, -0.15) is 0 Å². The molecule has 0 aliphatic heterocycles. The van der Waals surface area contributed by atoms with Crippen LogP contribution in [-0.4, -0.2) is 19.7 Å². The van der Waals surface area contributed by atoms with Crippen molar-refractivity contribution >= 4 is 15.9 Å². The van der Waals surface area contributed by atoms with Crippen molar-refractivity contribution in [2.75, 3.05) is 19.7 Å². The van der Waals surface area contributed by atoms with Gasteiger partial charge < -0.3 is 10.1 Å². The van der Waals surface area contributed by atoms with Crippen LogP contribution in [0.2, 0.25) is 0 Å². The second-order valence-corrected chi connectivity index (χ2v) is 3.95. The molecule has 1 rings (SSSR count). The average molecular weight is 258 g/mol. The Morgan fingerprint density at radius 1 is 1.29 bits per heavy atom. The fourth-order valence-corrected chi connectivity index (χ4v) is 1.36. The van der Waals surface area contributed by atoms with E-state index in [4.69, 9.17) is 4.74 Å². The van der Waals surface area contributed by atoms with E-state index in [1.165, 1.54) is 5.56 Å². The third-order valence-electron chi connectivity index (χ3n) is 1.86. The summed E-state index contributed by atoms with van der Waals surface area (Å²) < 4.78 is 6.59. The standard InChI is InChI=1S/C11H16BrNO/c1-2-13-7-8-14-9-10-3-5-11(12)6-4-10/h3-6,13H,2,7-9H2,1H3. The minimum Gasteiger partial charge on any atom is -0.375 e. The third kappa shape index (κ3) is 4.74. The van der Waals surface area contributed by atoms with Gasteiger partial charge in [0.25, 0.3) is 0 Å². The van der Waals surface area contributed by atoms with Gasteiger partial charge in [-0.05, 0) is 24.2 Å². The minimum atomic E-state index is 0.693. The van der Waals surface area contributed by atoms with Crippen molar-refractivity contribution in [3.8, 4) is 0 Å². The zero-order chi connectivity index (χ0) is 10.2. The number of likely N-dealkylation sites (N-methyl/N-ethyl adjacent to an activating group) is 1. The van der Waals surface area contributed by atoms with Crippen molar-refractivity contribution in [2.45, 2.75) is 13.5 Å². The summed E-state index contributed by atoms with van der Waals surface area (Å²) in [5.41, 5.74) is 1.21. The number of ether oxygens (including phenoxy) is 1. The Labute approximate surface area is 93.8 Å². The Morgan fingerprint density at radius 2 is 2.00 bits per heavy atom. The van der Waals surface area contributed by atoms with E-state index in [0.717, 1.165) is 24.2 Å². The number of halogens is 1. The maximum Gasteiger partial charge on any atom is 0.0717 e. The molecule has 0 atom stereocenters. The average Bonchev–Trinajstić information content (AvgIpc) is 2.21. The summed E-state index contributed by atoms with van der Waals surface area (Å²) in [7, 11) is 0. The van der Waals surface area contributed by atoms with Gasteiger partial charge in [0.1, 0.15) is 0 Å². The second kappa shape index (κ2) is 6.98. The van der Waals surface area contributed by atoms with Crippen LogP contribution in [0, 0.1) is 0 Å². The van der Waals surface area contributed by atoms with E-state index in [0.29, 0.717) is 6.61 Å². The lowest BCUT2D eigenvalue weighted by atomic mass is 10.2. The molecule has 3 heteroatoms. The van der Waals surface area contributed by atoms with E-state index >= 15 is 0 Å². The van der Waals surface area contributed by atoms with E-state index in [9.17, 15) is 0 Å². The van der Waals surface area contributed by atoms with E-state index in [2.05, 4.69) is 40.3 Å². The Morgan fingerprint density at radius 3 is 2.64 bits per heavy atom. The molecule has 0 bridgehead atoms. The van der Waals surface area contributed by atoms with Crippen LogP contribution in [0.25, 0.3) is 0 Å². The van der Waals surface area contributed by atoms with E-state index < -0.39 is 0 Å². The van der Waals surface area contributed by atoms with Crippen LogP contribution in [0.15, 0.2) is 28.7 Å².